The first-order chi connectivity index (χ1) is 21.7. The van der Waals surface area contributed by atoms with Gasteiger partial charge in [-0.3, -0.25) is 9.59 Å². The second-order valence-electron chi connectivity index (χ2n) is 13.3. The molecule has 8 atom stereocenters. The number of likely N-dealkylation sites (N-methyl/N-ethyl adjacent to an activating group) is 2. The lowest BCUT2D eigenvalue weighted by Crippen LogP contribution is -2.54. The molecule has 2 saturated heterocycles. The van der Waals surface area contributed by atoms with Crippen LogP contribution in [0.4, 0.5) is 0 Å². The molecule has 0 unspecified atom stereocenters. The molecule has 1 aliphatic carbocycles. The Morgan fingerprint density at radius 3 is 2.09 bits per heavy atom. The number of benzene rings is 3. The van der Waals surface area contributed by atoms with E-state index in [4.69, 9.17) is 14.2 Å². The van der Waals surface area contributed by atoms with Crippen LogP contribution >= 0.6 is 0 Å². The number of ether oxygens (including phenoxy) is 3. The summed E-state index contributed by atoms with van der Waals surface area (Å²) < 4.78 is 19.4. The van der Waals surface area contributed by atoms with Crippen molar-refractivity contribution in [1.82, 2.24) is 9.80 Å². The topological polar surface area (TPSA) is 149 Å². The highest BCUT2D eigenvalue weighted by Crippen LogP contribution is 2.49. The van der Waals surface area contributed by atoms with Crippen molar-refractivity contribution < 1.29 is 44.2 Å². The fraction of sp³-hybridized carbons (Fsp3) is 0.486. The van der Waals surface area contributed by atoms with E-state index in [1.54, 1.807) is 6.92 Å². The van der Waals surface area contributed by atoms with E-state index in [-0.39, 0.29) is 51.6 Å². The molecule has 11 nitrogen and oxygen atoms in total. The number of hydrogen-bond donors (Lipinski definition) is 4. The number of aromatic hydroxyl groups is 2. The fourth-order valence-electron chi connectivity index (χ4n) is 7.40. The zero-order valence-electron chi connectivity index (χ0n) is 27.1. The minimum atomic E-state index is -0.846. The maximum absolute atomic E-state index is 14.3. The van der Waals surface area contributed by atoms with E-state index in [0.29, 0.717) is 29.2 Å². The number of phenolic OH excluding ortho intramolecular Hbond substituents is 2. The number of hydrogen-bond acceptors (Lipinski definition) is 11. The van der Waals surface area contributed by atoms with Crippen LogP contribution in [0.15, 0.2) is 30.3 Å². The highest BCUT2D eigenvalue weighted by Gasteiger charge is 2.43. The van der Waals surface area contributed by atoms with E-state index in [1.165, 1.54) is 24.3 Å². The zero-order valence-corrected chi connectivity index (χ0v) is 27.1. The maximum Gasteiger partial charge on any atom is 0.201 e. The normalized spacial score (nSPS) is 29.7. The van der Waals surface area contributed by atoms with Crippen molar-refractivity contribution in [3.63, 3.8) is 0 Å². The third-order valence-electron chi connectivity index (χ3n) is 9.86. The minimum absolute atomic E-state index is 0.0224. The van der Waals surface area contributed by atoms with Gasteiger partial charge in [0.05, 0.1) is 41.6 Å². The Balaban J connectivity index is 1.62. The van der Waals surface area contributed by atoms with Crippen LogP contribution in [0.3, 0.4) is 0 Å². The molecule has 3 aromatic carbocycles. The largest absolute Gasteiger partial charge is 0.507 e. The van der Waals surface area contributed by atoms with Crippen molar-refractivity contribution in [1.29, 1.82) is 0 Å². The third kappa shape index (κ3) is 5.15. The monoisotopic (exact) mass is 634 g/mol. The average molecular weight is 635 g/mol. The molecule has 0 amide bonds. The number of phenols is 2. The van der Waals surface area contributed by atoms with Crippen molar-refractivity contribution in [3.8, 4) is 17.2 Å². The smallest absolute Gasteiger partial charge is 0.201 e. The summed E-state index contributed by atoms with van der Waals surface area (Å²) in [6.45, 7) is 5.47. The first-order valence-corrected chi connectivity index (χ1v) is 15.6. The van der Waals surface area contributed by atoms with Crippen molar-refractivity contribution in [3.05, 3.63) is 63.7 Å². The Morgan fingerprint density at radius 1 is 0.804 bits per heavy atom. The van der Waals surface area contributed by atoms with Gasteiger partial charge in [-0.2, -0.15) is 0 Å². The summed E-state index contributed by atoms with van der Waals surface area (Å²) in [4.78, 5) is 32.0. The summed E-state index contributed by atoms with van der Waals surface area (Å²) in [6.07, 6.45) is -3.31. The van der Waals surface area contributed by atoms with Gasteiger partial charge in [-0.25, -0.2) is 0 Å². The van der Waals surface area contributed by atoms with Crippen molar-refractivity contribution in [2.75, 3.05) is 28.2 Å². The van der Waals surface area contributed by atoms with Crippen LogP contribution in [-0.4, -0.2) is 113 Å². The van der Waals surface area contributed by atoms with Crippen LogP contribution in [0, 0.1) is 6.92 Å². The van der Waals surface area contributed by atoms with Crippen LogP contribution in [0.2, 0.25) is 0 Å². The molecule has 46 heavy (non-hydrogen) atoms. The van der Waals surface area contributed by atoms with Crippen LogP contribution in [0.1, 0.15) is 75.8 Å². The first-order valence-electron chi connectivity index (χ1n) is 15.6. The zero-order chi connectivity index (χ0) is 33.4. The molecular formula is C35H42N2O9. The summed E-state index contributed by atoms with van der Waals surface area (Å²) in [5.41, 5.74) is 1.00. The van der Waals surface area contributed by atoms with E-state index in [0.717, 1.165) is 5.56 Å². The fourth-order valence-corrected chi connectivity index (χ4v) is 7.40. The van der Waals surface area contributed by atoms with Gasteiger partial charge in [0, 0.05) is 40.6 Å². The second-order valence-corrected chi connectivity index (χ2v) is 13.3. The number of aliphatic hydroxyl groups is 2. The average Bonchev–Trinajstić information content (AvgIpc) is 2.98. The Hall–Kier alpha value is -3.58. The Morgan fingerprint density at radius 2 is 1.43 bits per heavy atom. The lowest BCUT2D eigenvalue weighted by molar-refractivity contribution is -0.202. The van der Waals surface area contributed by atoms with Crippen LogP contribution < -0.4 is 4.74 Å². The van der Waals surface area contributed by atoms with Gasteiger partial charge in [0.25, 0.3) is 0 Å². The summed E-state index contributed by atoms with van der Waals surface area (Å²) in [5, 5.41) is 44.4. The molecule has 3 aromatic rings. The maximum atomic E-state index is 14.3. The molecule has 3 aliphatic rings. The molecule has 0 radical (unpaired) electrons. The number of fused-ring (bicyclic) bond motifs is 4. The highest BCUT2D eigenvalue weighted by molar-refractivity contribution is 6.34. The van der Waals surface area contributed by atoms with Gasteiger partial charge in [0.15, 0.2) is 5.78 Å². The van der Waals surface area contributed by atoms with E-state index in [1.807, 2.05) is 57.9 Å². The quantitative estimate of drug-likeness (QED) is 0.256. The standard InChI is InChI=1S/C35H42N2O9/c1-15-11-18-12-23(39)29-30(33(42)19-9-8-10-22(38)28(19)34(29)43)27(18)35(46-25-14-21(37(6)7)32(41)17(3)45-25)26(15)24-13-20(36(4)5)31(40)16(2)44-24/h8-12,16-17,20-21,24-25,31-32,38-41H,13-14H2,1-7H3/t16-,17+,20-,21-,24-,25+,31-,32+/m0/s1. The van der Waals surface area contributed by atoms with E-state index >= 15 is 0 Å². The summed E-state index contributed by atoms with van der Waals surface area (Å²) >= 11 is 0. The lowest BCUT2D eigenvalue weighted by Gasteiger charge is -2.43. The Bertz CT molecular complexity index is 1720. The number of aryl methyl sites for hydroxylation is 1. The molecule has 2 aliphatic heterocycles. The molecule has 11 heteroatoms. The van der Waals surface area contributed by atoms with Gasteiger partial charge in [-0.1, -0.05) is 18.2 Å². The lowest BCUT2D eigenvalue weighted by atomic mass is 9.79. The molecule has 2 fully saturated rings. The van der Waals surface area contributed by atoms with Gasteiger partial charge in [0.2, 0.25) is 12.1 Å². The minimum Gasteiger partial charge on any atom is -0.507 e. The van der Waals surface area contributed by atoms with Gasteiger partial charge >= 0.3 is 0 Å². The number of aliphatic hydroxyl groups excluding tert-OH is 2. The van der Waals surface area contributed by atoms with Gasteiger partial charge in [-0.15, -0.1) is 0 Å². The number of carbonyl (C=O) groups is 2. The molecule has 2 heterocycles. The van der Waals surface area contributed by atoms with Crippen LogP contribution in [-0.2, 0) is 9.47 Å². The molecule has 4 N–H and O–H groups in total. The Labute approximate surface area is 267 Å². The second kappa shape index (κ2) is 11.9. The van der Waals surface area contributed by atoms with E-state index in [2.05, 4.69) is 0 Å². The summed E-state index contributed by atoms with van der Waals surface area (Å²) in [7, 11) is 7.54. The molecule has 246 valence electrons. The van der Waals surface area contributed by atoms with Gasteiger partial charge < -0.3 is 44.4 Å². The first kappa shape index (κ1) is 32.4. The molecule has 0 aromatic heterocycles. The highest BCUT2D eigenvalue weighted by atomic mass is 16.7. The van der Waals surface area contributed by atoms with Gasteiger partial charge in [0.1, 0.15) is 17.2 Å². The summed E-state index contributed by atoms with van der Waals surface area (Å²) in [5.74, 6) is -1.68. The SMILES string of the molecule is Cc1cc2cc(O)c3c(c2c(O[C@@H]2C[C@H](N(C)C)[C@H](O)[C@@H](C)O2)c1[C@@H]1C[C@H](N(C)C)[C@@H](O)[C@H](C)O1)C(=O)c1cccc(O)c1C3=O. The molecule has 0 saturated carbocycles. The Kier molecular flexibility index (Phi) is 8.37. The number of carbonyl (C=O) groups excluding carboxylic acids is 2. The van der Waals surface area contributed by atoms with Gasteiger partial charge in [-0.05, 0) is 78.5 Å². The van der Waals surface area contributed by atoms with Crippen molar-refractivity contribution >= 4 is 22.3 Å². The van der Waals surface area contributed by atoms with E-state index < -0.39 is 48.4 Å². The van der Waals surface area contributed by atoms with Crippen LogP contribution in [0.5, 0.6) is 17.2 Å². The summed E-state index contributed by atoms with van der Waals surface area (Å²) in [6, 6.07) is 7.03. The van der Waals surface area contributed by atoms with Crippen molar-refractivity contribution in [2.24, 2.45) is 0 Å². The predicted octanol–water partition coefficient (Wildman–Crippen LogP) is 3.28. The van der Waals surface area contributed by atoms with Crippen molar-refractivity contribution in [2.45, 2.75) is 82.5 Å². The predicted molar refractivity (Wildman–Crippen MR) is 170 cm³/mol. The number of rotatable bonds is 5. The number of ketones is 2. The van der Waals surface area contributed by atoms with Crippen LogP contribution in [0.25, 0.3) is 10.8 Å². The third-order valence-corrected chi connectivity index (χ3v) is 9.86. The van der Waals surface area contributed by atoms with E-state index in [9.17, 15) is 30.0 Å². The number of nitrogens with zero attached hydrogens (tertiary/aromatic N) is 2. The molecule has 0 bridgehead atoms. The molecule has 6 rings (SSSR count). The molecule has 0 spiro atoms. The molecular weight excluding hydrogens is 592 g/mol.